The summed E-state index contributed by atoms with van der Waals surface area (Å²) in [5.41, 5.74) is 1.37. The van der Waals surface area contributed by atoms with Gasteiger partial charge in [0.1, 0.15) is 16.5 Å². The van der Waals surface area contributed by atoms with Crippen molar-refractivity contribution >= 4 is 20.9 Å². The van der Waals surface area contributed by atoms with Gasteiger partial charge in [-0.25, -0.2) is 17.2 Å². The molecule has 0 spiro atoms. The van der Waals surface area contributed by atoms with Crippen LogP contribution in [0.5, 0.6) is 0 Å². The fraction of sp³-hybridized carbons (Fsp3) is 0.167. The van der Waals surface area contributed by atoms with E-state index in [1.54, 1.807) is 18.3 Å². The van der Waals surface area contributed by atoms with Gasteiger partial charge in [-0.15, -0.1) is 0 Å². The molecule has 0 aliphatic rings. The number of halogens is 2. The van der Waals surface area contributed by atoms with E-state index in [9.17, 15) is 17.2 Å². The number of rotatable bonds is 4. The van der Waals surface area contributed by atoms with Crippen molar-refractivity contribution in [3.05, 3.63) is 71.4 Å². The lowest BCUT2D eigenvalue weighted by Crippen LogP contribution is -2.27. The lowest BCUT2D eigenvalue weighted by Gasteiger charge is -2.18. The van der Waals surface area contributed by atoms with Gasteiger partial charge in [0.25, 0.3) is 0 Å². The first-order chi connectivity index (χ1) is 11.8. The monoisotopic (exact) mass is 362 g/mol. The first kappa shape index (κ1) is 17.4. The van der Waals surface area contributed by atoms with Gasteiger partial charge in [-0.3, -0.25) is 4.98 Å². The molecule has 4 nitrogen and oxygen atoms in total. The summed E-state index contributed by atoms with van der Waals surface area (Å²) in [5, 5.41) is 0.711. The normalized spacial score (nSPS) is 12.0. The van der Waals surface area contributed by atoms with Gasteiger partial charge in [0.05, 0.1) is 5.52 Å². The average molecular weight is 362 g/mol. The highest BCUT2D eigenvalue weighted by Crippen LogP contribution is 2.25. The quantitative estimate of drug-likeness (QED) is 0.712. The highest BCUT2D eigenvalue weighted by Gasteiger charge is 2.24. The summed E-state index contributed by atoms with van der Waals surface area (Å²) < 4.78 is 53.7. The average Bonchev–Trinajstić information content (AvgIpc) is 2.56. The van der Waals surface area contributed by atoms with Crippen LogP contribution in [-0.2, 0) is 16.6 Å². The number of aryl methyl sites for hydroxylation is 1. The number of para-hydroxylation sites is 1. The zero-order chi connectivity index (χ0) is 18.2. The van der Waals surface area contributed by atoms with Crippen LogP contribution < -0.4 is 0 Å². The van der Waals surface area contributed by atoms with Crippen LogP contribution >= 0.6 is 0 Å². The standard InChI is InChI=1S/C18H16F2N2O2S/c1-12-8-13-4-3-5-17(18(13)21-10-12)25(23,24)22(2)11-14-6-7-15(19)9-16(14)20/h3-10H,11H2,1-2H3. The van der Waals surface area contributed by atoms with Gasteiger partial charge in [-0.05, 0) is 30.7 Å². The van der Waals surface area contributed by atoms with Crippen LogP contribution in [0.15, 0.2) is 53.6 Å². The number of benzene rings is 2. The van der Waals surface area contributed by atoms with Crippen LogP contribution in [0.2, 0.25) is 0 Å². The molecule has 0 aliphatic heterocycles. The van der Waals surface area contributed by atoms with Crippen LogP contribution in [-0.4, -0.2) is 24.8 Å². The maximum atomic E-state index is 13.8. The molecule has 3 aromatic rings. The van der Waals surface area contributed by atoms with Crippen molar-refractivity contribution in [3.8, 4) is 0 Å². The first-order valence-corrected chi connectivity index (χ1v) is 8.98. The fourth-order valence-electron chi connectivity index (χ4n) is 2.59. The molecule has 0 bridgehead atoms. The van der Waals surface area contributed by atoms with E-state index < -0.39 is 21.7 Å². The number of nitrogens with zero attached hydrogens (tertiary/aromatic N) is 2. The highest BCUT2D eigenvalue weighted by molar-refractivity contribution is 7.89. The largest absolute Gasteiger partial charge is 0.255 e. The Morgan fingerprint density at radius 2 is 1.88 bits per heavy atom. The Labute approximate surface area is 144 Å². The predicted octanol–water partition coefficient (Wildman–Crippen LogP) is 3.64. The maximum Gasteiger partial charge on any atom is 0.245 e. The van der Waals surface area contributed by atoms with Crippen molar-refractivity contribution in [2.45, 2.75) is 18.4 Å². The third kappa shape index (κ3) is 3.38. The smallest absolute Gasteiger partial charge is 0.245 e. The molecule has 25 heavy (non-hydrogen) atoms. The Morgan fingerprint density at radius 3 is 2.60 bits per heavy atom. The summed E-state index contributed by atoms with van der Waals surface area (Å²) in [7, 11) is -2.54. The van der Waals surface area contributed by atoms with Crippen LogP contribution in [0.25, 0.3) is 10.9 Å². The van der Waals surface area contributed by atoms with E-state index in [0.717, 1.165) is 22.0 Å². The van der Waals surface area contributed by atoms with Crippen molar-refractivity contribution in [2.24, 2.45) is 0 Å². The minimum Gasteiger partial charge on any atom is -0.255 e. The summed E-state index contributed by atoms with van der Waals surface area (Å²) in [5.74, 6) is -1.49. The summed E-state index contributed by atoms with van der Waals surface area (Å²) in [6.07, 6.45) is 1.60. The Balaban J connectivity index is 2.01. The Morgan fingerprint density at radius 1 is 1.12 bits per heavy atom. The lowest BCUT2D eigenvalue weighted by molar-refractivity contribution is 0.455. The van der Waals surface area contributed by atoms with Gasteiger partial charge in [-0.1, -0.05) is 18.2 Å². The Hall–Kier alpha value is -2.38. The summed E-state index contributed by atoms with van der Waals surface area (Å²) >= 11 is 0. The molecule has 7 heteroatoms. The first-order valence-electron chi connectivity index (χ1n) is 7.54. The second-order valence-electron chi connectivity index (χ2n) is 5.84. The molecular weight excluding hydrogens is 346 g/mol. The van der Waals surface area contributed by atoms with Crippen LogP contribution in [0.3, 0.4) is 0 Å². The van der Waals surface area contributed by atoms with Gasteiger partial charge in [0, 0.05) is 36.8 Å². The zero-order valence-electron chi connectivity index (χ0n) is 13.7. The lowest BCUT2D eigenvalue weighted by atomic mass is 10.2. The molecule has 0 radical (unpaired) electrons. The minimum atomic E-state index is -3.89. The molecule has 1 heterocycles. The Kier molecular flexibility index (Phi) is 4.53. The van der Waals surface area contributed by atoms with Gasteiger partial charge in [0.15, 0.2) is 0 Å². The van der Waals surface area contributed by atoms with Crippen molar-refractivity contribution in [2.75, 3.05) is 7.05 Å². The predicted molar refractivity (Wildman–Crippen MR) is 91.5 cm³/mol. The van der Waals surface area contributed by atoms with E-state index >= 15 is 0 Å². The molecule has 0 N–H and O–H groups in total. The summed E-state index contributed by atoms with van der Waals surface area (Å²) in [4.78, 5) is 4.29. The molecule has 2 aromatic carbocycles. The van der Waals surface area contributed by atoms with E-state index in [1.165, 1.54) is 19.2 Å². The van der Waals surface area contributed by atoms with E-state index in [0.29, 0.717) is 10.9 Å². The van der Waals surface area contributed by atoms with Crippen molar-refractivity contribution in [1.29, 1.82) is 0 Å². The van der Waals surface area contributed by atoms with Crippen LogP contribution in [0, 0.1) is 18.6 Å². The number of pyridine rings is 1. The number of hydrogen-bond acceptors (Lipinski definition) is 3. The summed E-state index contributed by atoms with van der Waals surface area (Å²) in [6, 6.07) is 9.82. The van der Waals surface area contributed by atoms with Gasteiger partial charge < -0.3 is 0 Å². The second kappa shape index (κ2) is 6.50. The number of sulfonamides is 1. The zero-order valence-corrected chi connectivity index (χ0v) is 14.5. The molecule has 0 aliphatic carbocycles. The molecule has 0 amide bonds. The molecule has 1 aromatic heterocycles. The highest BCUT2D eigenvalue weighted by atomic mass is 32.2. The number of aromatic nitrogens is 1. The molecule has 3 rings (SSSR count). The second-order valence-corrected chi connectivity index (χ2v) is 7.85. The third-order valence-corrected chi connectivity index (χ3v) is 5.74. The summed E-state index contributed by atoms with van der Waals surface area (Å²) in [6.45, 7) is 1.66. The van der Waals surface area contributed by atoms with Crippen LogP contribution in [0.1, 0.15) is 11.1 Å². The molecule has 0 saturated heterocycles. The molecule has 130 valence electrons. The van der Waals surface area contributed by atoms with E-state index in [2.05, 4.69) is 4.98 Å². The Bertz CT molecular complexity index is 1050. The van der Waals surface area contributed by atoms with E-state index in [4.69, 9.17) is 0 Å². The topological polar surface area (TPSA) is 50.3 Å². The van der Waals surface area contributed by atoms with Crippen molar-refractivity contribution in [1.82, 2.24) is 9.29 Å². The van der Waals surface area contributed by atoms with Gasteiger partial charge >= 0.3 is 0 Å². The van der Waals surface area contributed by atoms with Gasteiger partial charge in [-0.2, -0.15) is 4.31 Å². The molecule has 0 unspecified atom stereocenters. The maximum absolute atomic E-state index is 13.8. The van der Waals surface area contributed by atoms with E-state index in [1.807, 2.05) is 13.0 Å². The molecule has 0 saturated carbocycles. The molecular formula is C18H16F2N2O2S. The number of fused-ring (bicyclic) bond motifs is 1. The van der Waals surface area contributed by atoms with E-state index in [-0.39, 0.29) is 17.0 Å². The number of hydrogen-bond donors (Lipinski definition) is 0. The van der Waals surface area contributed by atoms with Crippen molar-refractivity contribution < 1.29 is 17.2 Å². The van der Waals surface area contributed by atoms with Gasteiger partial charge in [0.2, 0.25) is 10.0 Å². The third-order valence-electron chi connectivity index (χ3n) is 3.91. The minimum absolute atomic E-state index is 0.0509. The van der Waals surface area contributed by atoms with Crippen LogP contribution in [0.4, 0.5) is 8.78 Å². The molecule has 0 atom stereocenters. The van der Waals surface area contributed by atoms with Crippen molar-refractivity contribution in [3.63, 3.8) is 0 Å². The SMILES string of the molecule is Cc1cnc2c(S(=O)(=O)N(C)Cc3ccc(F)cc3F)cccc2c1. The fourth-order valence-corrected chi connectivity index (χ4v) is 3.90. The molecule has 0 fully saturated rings.